The first kappa shape index (κ1) is 11.4. The van der Waals surface area contributed by atoms with E-state index in [-0.39, 0.29) is 5.54 Å². The molecular formula is C13H21N3. The third kappa shape index (κ3) is 3.49. The van der Waals surface area contributed by atoms with Gasteiger partial charge in [0.1, 0.15) is 0 Å². The van der Waals surface area contributed by atoms with E-state index in [4.69, 9.17) is 0 Å². The molecule has 2 rings (SSSR count). The maximum atomic E-state index is 4.18. The van der Waals surface area contributed by atoms with Crippen molar-refractivity contribution in [3.05, 3.63) is 24.0 Å². The topological polar surface area (TPSA) is 37.0 Å². The Morgan fingerprint density at radius 3 is 2.75 bits per heavy atom. The van der Waals surface area contributed by atoms with Gasteiger partial charge in [-0.05, 0) is 45.2 Å². The molecule has 1 aliphatic rings. The van der Waals surface area contributed by atoms with Crippen LogP contribution in [0.25, 0.3) is 0 Å². The minimum atomic E-state index is 0.0807. The number of hydrogen-bond donors (Lipinski definition) is 2. The van der Waals surface area contributed by atoms with Crippen LogP contribution in [0, 0.1) is 0 Å². The molecule has 0 spiro atoms. The quantitative estimate of drug-likeness (QED) is 0.817. The number of aromatic nitrogens is 1. The van der Waals surface area contributed by atoms with Crippen molar-refractivity contribution in [3.63, 3.8) is 0 Å². The Balaban J connectivity index is 2.03. The highest BCUT2D eigenvalue weighted by molar-refractivity contribution is 5.50. The van der Waals surface area contributed by atoms with Crippen LogP contribution < -0.4 is 10.6 Å². The molecule has 0 aromatic carbocycles. The first-order valence-corrected chi connectivity index (χ1v) is 5.99. The fraction of sp³-hybridized carbons (Fsp3) is 0.615. The highest BCUT2D eigenvalue weighted by Crippen LogP contribution is 2.22. The first-order chi connectivity index (χ1) is 7.54. The van der Waals surface area contributed by atoms with Crippen molar-refractivity contribution in [2.24, 2.45) is 0 Å². The highest BCUT2D eigenvalue weighted by atomic mass is 15.0. The number of rotatable bonds is 4. The standard InChI is InChI=1S/C13H21N3/c1-13(2,3)16-12-9-14-7-6-10(12)8-15-11-4-5-11/h6-7,9,11,15-16H,4-5,8H2,1-3H3. The molecule has 1 saturated carbocycles. The van der Waals surface area contributed by atoms with Gasteiger partial charge in [-0.2, -0.15) is 0 Å². The van der Waals surface area contributed by atoms with Gasteiger partial charge in [0.05, 0.1) is 11.9 Å². The summed E-state index contributed by atoms with van der Waals surface area (Å²) in [5, 5.41) is 7.02. The number of nitrogens with zero attached hydrogens (tertiary/aromatic N) is 1. The van der Waals surface area contributed by atoms with Crippen LogP contribution in [0.3, 0.4) is 0 Å². The van der Waals surface area contributed by atoms with E-state index in [2.05, 4.69) is 42.5 Å². The van der Waals surface area contributed by atoms with E-state index in [1.165, 1.54) is 18.4 Å². The molecule has 0 amide bonds. The second-order valence-corrected chi connectivity index (χ2v) is 5.56. The van der Waals surface area contributed by atoms with E-state index in [1.807, 2.05) is 12.4 Å². The SMILES string of the molecule is CC(C)(C)Nc1cnccc1CNC1CC1. The first-order valence-electron chi connectivity index (χ1n) is 5.99. The van der Waals surface area contributed by atoms with Gasteiger partial charge in [-0.25, -0.2) is 0 Å². The highest BCUT2D eigenvalue weighted by Gasteiger charge is 2.20. The predicted octanol–water partition coefficient (Wildman–Crippen LogP) is 2.54. The lowest BCUT2D eigenvalue weighted by Gasteiger charge is -2.23. The predicted molar refractivity (Wildman–Crippen MR) is 67.5 cm³/mol. The minimum Gasteiger partial charge on any atom is -0.379 e. The Morgan fingerprint density at radius 2 is 2.12 bits per heavy atom. The Bertz CT molecular complexity index is 350. The molecule has 0 saturated heterocycles. The summed E-state index contributed by atoms with van der Waals surface area (Å²) in [5.41, 5.74) is 2.53. The van der Waals surface area contributed by atoms with Crippen molar-refractivity contribution in [1.29, 1.82) is 0 Å². The third-order valence-corrected chi connectivity index (χ3v) is 2.58. The van der Waals surface area contributed by atoms with Gasteiger partial charge >= 0.3 is 0 Å². The molecule has 2 N–H and O–H groups in total. The van der Waals surface area contributed by atoms with Gasteiger partial charge in [0.15, 0.2) is 0 Å². The van der Waals surface area contributed by atoms with E-state index < -0.39 is 0 Å². The molecule has 3 heteroatoms. The Morgan fingerprint density at radius 1 is 1.38 bits per heavy atom. The molecule has 0 unspecified atom stereocenters. The zero-order chi connectivity index (χ0) is 11.6. The molecule has 1 aromatic rings. The van der Waals surface area contributed by atoms with Crippen molar-refractivity contribution >= 4 is 5.69 Å². The molecule has 1 aliphatic carbocycles. The summed E-state index contributed by atoms with van der Waals surface area (Å²) >= 11 is 0. The Hall–Kier alpha value is -1.09. The average molecular weight is 219 g/mol. The minimum absolute atomic E-state index is 0.0807. The molecule has 16 heavy (non-hydrogen) atoms. The van der Waals surface area contributed by atoms with Crippen molar-refractivity contribution in [1.82, 2.24) is 10.3 Å². The lowest BCUT2D eigenvalue weighted by Crippen LogP contribution is -2.27. The summed E-state index contributed by atoms with van der Waals surface area (Å²) in [4.78, 5) is 4.18. The van der Waals surface area contributed by atoms with Crippen molar-refractivity contribution in [2.75, 3.05) is 5.32 Å². The Kier molecular flexibility index (Phi) is 3.15. The molecule has 0 radical (unpaired) electrons. The van der Waals surface area contributed by atoms with Crippen molar-refractivity contribution < 1.29 is 0 Å². The molecular weight excluding hydrogens is 198 g/mol. The summed E-state index contributed by atoms with van der Waals surface area (Å²) in [6, 6.07) is 2.83. The van der Waals surface area contributed by atoms with Crippen LogP contribution in [0.1, 0.15) is 39.2 Å². The lowest BCUT2D eigenvalue weighted by molar-refractivity contribution is 0.628. The monoisotopic (exact) mass is 219 g/mol. The van der Waals surface area contributed by atoms with Crippen LogP contribution in [-0.4, -0.2) is 16.6 Å². The maximum Gasteiger partial charge on any atom is 0.0576 e. The van der Waals surface area contributed by atoms with Crippen LogP contribution >= 0.6 is 0 Å². The normalized spacial score (nSPS) is 16.2. The summed E-state index contributed by atoms with van der Waals surface area (Å²) in [6.07, 6.45) is 6.42. The number of anilines is 1. The van der Waals surface area contributed by atoms with E-state index >= 15 is 0 Å². The largest absolute Gasteiger partial charge is 0.379 e. The summed E-state index contributed by atoms with van der Waals surface area (Å²) in [7, 11) is 0. The van der Waals surface area contributed by atoms with Gasteiger partial charge < -0.3 is 10.6 Å². The van der Waals surface area contributed by atoms with E-state index in [0.29, 0.717) is 0 Å². The van der Waals surface area contributed by atoms with Gasteiger partial charge in [0.2, 0.25) is 0 Å². The lowest BCUT2D eigenvalue weighted by atomic mass is 10.1. The smallest absolute Gasteiger partial charge is 0.0576 e. The fourth-order valence-corrected chi connectivity index (χ4v) is 1.64. The zero-order valence-corrected chi connectivity index (χ0v) is 10.4. The number of pyridine rings is 1. The van der Waals surface area contributed by atoms with Crippen LogP contribution in [0.5, 0.6) is 0 Å². The molecule has 1 fully saturated rings. The van der Waals surface area contributed by atoms with Crippen LogP contribution in [0.4, 0.5) is 5.69 Å². The second-order valence-electron chi connectivity index (χ2n) is 5.56. The van der Waals surface area contributed by atoms with Gasteiger partial charge in [-0.15, -0.1) is 0 Å². The molecule has 1 heterocycles. The molecule has 0 aliphatic heterocycles. The second kappa shape index (κ2) is 4.42. The zero-order valence-electron chi connectivity index (χ0n) is 10.4. The van der Waals surface area contributed by atoms with Gasteiger partial charge in [0.25, 0.3) is 0 Å². The number of hydrogen-bond acceptors (Lipinski definition) is 3. The van der Waals surface area contributed by atoms with E-state index in [1.54, 1.807) is 0 Å². The summed E-state index contributed by atoms with van der Waals surface area (Å²) in [5.74, 6) is 0. The third-order valence-electron chi connectivity index (χ3n) is 2.58. The molecule has 0 atom stereocenters. The molecule has 3 nitrogen and oxygen atoms in total. The molecule has 1 aromatic heterocycles. The van der Waals surface area contributed by atoms with Gasteiger partial charge in [0, 0.05) is 24.3 Å². The number of nitrogens with one attached hydrogen (secondary N) is 2. The van der Waals surface area contributed by atoms with Crippen LogP contribution in [0.2, 0.25) is 0 Å². The maximum absolute atomic E-state index is 4.18. The van der Waals surface area contributed by atoms with Gasteiger partial charge in [-0.3, -0.25) is 4.98 Å². The fourth-order valence-electron chi connectivity index (χ4n) is 1.64. The summed E-state index contributed by atoms with van der Waals surface area (Å²) < 4.78 is 0. The summed E-state index contributed by atoms with van der Waals surface area (Å²) in [6.45, 7) is 7.43. The van der Waals surface area contributed by atoms with Crippen molar-refractivity contribution in [2.45, 2.75) is 51.7 Å². The van der Waals surface area contributed by atoms with Crippen LogP contribution in [-0.2, 0) is 6.54 Å². The van der Waals surface area contributed by atoms with E-state index in [0.717, 1.165) is 18.3 Å². The van der Waals surface area contributed by atoms with Gasteiger partial charge in [-0.1, -0.05) is 0 Å². The molecule has 88 valence electrons. The average Bonchev–Trinajstić information content (AvgIpc) is 2.98. The Labute approximate surface area is 97.7 Å². The van der Waals surface area contributed by atoms with E-state index in [9.17, 15) is 0 Å². The van der Waals surface area contributed by atoms with Crippen LogP contribution in [0.15, 0.2) is 18.5 Å². The molecule has 0 bridgehead atoms. The van der Waals surface area contributed by atoms with Crippen molar-refractivity contribution in [3.8, 4) is 0 Å².